The zero-order valence-electron chi connectivity index (χ0n) is 17.8. The van der Waals surface area contributed by atoms with E-state index < -0.39 is 22.4 Å². The van der Waals surface area contributed by atoms with Gasteiger partial charge >= 0.3 is 5.97 Å². The van der Waals surface area contributed by atoms with Crippen molar-refractivity contribution in [3.8, 4) is 0 Å². The highest BCUT2D eigenvalue weighted by Crippen LogP contribution is 2.30. The minimum absolute atomic E-state index is 0.00918. The van der Waals surface area contributed by atoms with Crippen molar-refractivity contribution in [3.63, 3.8) is 0 Å². The standard InChI is InChI=1S/C19H28N4O6S/c1-19(2,3)29-17(25)11-22(9-8-21(4)5)16(24)12-30-15-7-6-13(18(20)26)10-14(15)23(27)28/h6-7,10H,8-9,11-12H2,1-5H3,(H2,20,26). The highest BCUT2D eigenvalue weighted by molar-refractivity contribution is 8.00. The molecule has 0 saturated carbocycles. The maximum atomic E-state index is 12.7. The molecule has 1 aromatic carbocycles. The van der Waals surface area contributed by atoms with Crippen LogP contribution in [0.1, 0.15) is 31.1 Å². The van der Waals surface area contributed by atoms with Gasteiger partial charge in [-0.05, 0) is 47.0 Å². The number of nitrogens with zero attached hydrogens (tertiary/aromatic N) is 3. The number of carbonyl (C=O) groups excluding carboxylic acids is 3. The first-order chi connectivity index (χ1) is 13.8. The number of likely N-dealkylation sites (N-methyl/N-ethyl adjacent to an activating group) is 1. The Balaban J connectivity index is 2.91. The van der Waals surface area contributed by atoms with Crippen LogP contribution in [-0.2, 0) is 14.3 Å². The van der Waals surface area contributed by atoms with Gasteiger partial charge in [0.1, 0.15) is 12.1 Å². The van der Waals surface area contributed by atoms with Crippen molar-refractivity contribution in [3.05, 3.63) is 33.9 Å². The molecule has 166 valence electrons. The van der Waals surface area contributed by atoms with E-state index in [-0.39, 0.29) is 34.4 Å². The molecule has 0 spiro atoms. The van der Waals surface area contributed by atoms with Crippen LogP contribution in [0, 0.1) is 10.1 Å². The monoisotopic (exact) mass is 440 g/mol. The van der Waals surface area contributed by atoms with E-state index in [0.29, 0.717) is 13.1 Å². The number of amides is 2. The summed E-state index contributed by atoms with van der Waals surface area (Å²) in [7, 11) is 3.68. The maximum absolute atomic E-state index is 12.7. The summed E-state index contributed by atoms with van der Waals surface area (Å²) in [5.41, 5.74) is 4.19. The molecular weight excluding hydrogens is 412 g/mol. The van der Waals surface area contributed by atoms with Crippen molar-refractivity contribution in [2.75, 3.05) is 39.5 Å². The second-order valence-electron chi connectivity index (χ2n) is 7.80. The fraction of sp³-hybridized carbons (Fsp3) is 0.526. The normalized spacial score (nSPS) is 11.3. The average molecular weight is 441 g/mol. The Kier molecular flexibility index (Phi) is 9.24. The molecule has 30 heavy (non-hydrogen) atoms. The molecule has 0 saturated heterocycles. The van der Waals surface area contributed by atoms with E-state index in [1.54, 1.807) is 20.8 Å². The van der Waals surface area contributed by atoms with Crippen LogP contribution >= 0.6 is 11.8 Å². The van der Waals surface area contributed by atoms with Gasteiger partial charge in [-0.25, -0.2) is 0 Å². The van der Waals surface area contributed by atoms with Crippen LogP contribution < -0.4 is 5.73 Å². The molecule has 10 nitrogen and oxygen atoms in total. The van der Waals surface area contributed by atoms with Gasteiger partial charge in [-0.3, -0.25) is 24.5 Å². The molecule has 0 radical (unpaired) electrons. The van der Waals surface area contributed by atoms with Gasteiger partial charge in [-0.2, -0.15) is 0 Å². The van der Waals surface area contributed by atoms with Crippen molar-refractivity contribution in [2.45, 2.75) is 31.3 Å². The van der Waals surface area contributed by atoms with Gasteiger partial charge in [-0.15, -0.1) is 11.8 Å². The molecule has 0 aliphatic carbocycles. The minimum Gasteiger partial charge on any atom is -0.459 e. The van der Waals surface area contributed by atoms with Crippen molar-refractivity contribution in [2.24, 2.45) is 5.73 Å². The summed E-state index contributed by atoms with van der Waals surface area (Å²) in [6.07, 6.45) is 0. The van der Waals surface area contributed by atoms with Crippen LogP contribution in [0.2, 0.25) is 0 Å². The molecule has 1 aromatic rings. The van der Waals surface area contributed by atoms with Crippen LogP contribution in [0.5, 0.6) is 0 Å². The summed E-state index contributed by atoms with van der Waals surface area (Å²) in [6, 6.07) is 3.83. The third-order valence-electron chi connectivity index (χ3n) is 3.70. The summed E-state index contributed by atoms with van der Waals surface area (Å²) in [4.78, 5) is 50.3. The lowest BCUT2D eigenvalue weighted by Gasteiger charge is -2.26. The van der Waals surface area contributed by atoms with Crippen LogP contribution in [0.15, 0.2) is 23.1 Å². The lowest BCUT2D eigenvalue weighted by Crippen LogP contribution is -2.42. The van der Waals surface area contributed by atoms with Gasteiger partial charge < -0.3 is 20.3 Å². The number of thioether (sulfide) groups is 1. The number of nitro benzene ring substituents is 1. The minimum atomic E-state index is -0.780. The summed E-state index contributed by atoms with van der Waals surface area (Å²) in [5.74, 6) is -1.79. The van der Waals surface area contributed by atoms with Crippen molar-refractivity contribution in [1.82, 2.24) is 9.80 Å². The number of esters is 1. The van der Waals surface area contributed by atoms with Gasteiger partial charge in [-0.1, -0.05) is 0 Å². The predicted molar refractivity (Wildman–Crippen MR) is 113 cm³/mol. The molecule has 0 aliphatic rings. The van der Waals surface area contributed by atoms with Crippen LogP contribution in [0.25, 0.3) is 0 Å². The molecule has 11 heteroatoms. The van der Waals surface area contributed by atoms with E-state index in [9.17, 15) is 24.5 Å². The van der Waals surface area contributed by atoms with Gasteiger partial charge in [0.2, 0.25) is 11.8 Å². The number of hydrogen-bond acceptors (Lipinski definition) is 8. The SMILES string of the molecule is CN(C)CCN(CC(=O)OC(C)(C)C)C(=O)CSc1ccc(C(N)=O)cc1[N+](=O)[O-]. The molecule has 2 N–H and O–H groups in total. The summed E-state index contributed by atoms with van der Waals surface area (Å²) < 4.78 is 5.29. The number of hydrogen-bond donors (Lipinski definition) is 1. The number of primary amides is 1. The number of carbonyl (C=O) groups is 3. The summed E-state index contributed by atoms with van der Waals surface area (Å²) in [6.45, 7) is 5.83. The smallest absolute Gasteiger partial charge is 0.326 e. The van der Waals surface area contributed by atoms with E-state index in [2.05, 4.69) is 0 Å². The Bertz CT molecular complexity index is 807. The number of rotatable bonds is 10. The lowest BCUT2D eigenvalue weighted by atomic mass is 10.2. The van der Waals surface area contributed by atoms with Gasteiger partial charge in [0.15, 0.2) is 0 Å². The molecule has 1 rings (SSSR count). The van der Waals surface area contributed by atoms with Crippen molar-refractivity contribution < 1.29 is 24.0 Å². The third-order valence-corrected chi connectivity index (χ3v) is 4.75. The molecule has 2 amide bonds. The molecule has 0 heterocycles. The number of ether oxygens (including phenoxy) is 1. The molecule has 0 aliphatic heterocycles. The van der Waals surface area contributed by atoms with Gasteiger partial charge in [0.05, 0.1) is 15.6 Å². The Morgan fingerprint density at radius 3 is 2.33 bits per heavy atom. The molecule has 0 aromatic heterocycles. The molecule has 0 bridgehead atoms. The zero-order valence-corrected chi connectivity index (χ0v) is 18.7. The molecule has 0 atom stereocenters. The van der Waals surface area contributed by atoms with Crippen LogP contribution in [0.3, 0.4) is 0 Å². The summed E-state index contributed by atoms with van der Waals surface area (Å²) >= 11 is 0.956. The molecule has 0 unspecified atom stereocenters. The first kappa shape index (κ1) is 25.4. The van der Waals surface area contributed by atoms with Crippen LogP contribution in [0.4, 0.5) is 5.69 Å². The first-order valence-corrected chi connectivity index (χ1v) is 10.1. The topological polar surface area (TPSA) is 136 Å². The highest BCUT2D eigenvalue weighted by atomic mass is 32.2. The lowest BCUT2D eigenvalue weighted by molar-refractivity contribution is -0.387. The number of nitrogens with two attached hydrogens (primary N) is 1. The number of benzene rings is 1. The average Bonchev–Trinajstić information content (AvgIpc) is 2.61. The van der Waals surface area contributed by atoms with Gasteiger partial charge in [0, 0.05) is 24.7 Å². The Labute approximate surface area is 179 Å². The van der Waals surface area contributed by atoms with E-state index in [1.807, 2.05) is 19.0 Å². The molecule has 0 fully saturated rings. The van der Waals surface area contributed by atoms with Gasteiger partial charge in [0.25, 0.3) is 5.69 Å². The highest BCUT2D eigenvalue weighted by Gasteiger charge is 2.24. The van der Waals surface area contributed by atoms with E-state index in [1.165, 1.54) is 17.0 Å². The second-order valence-corrected chi connectivity index (χ2v) is 8.81. The zero-order chi connectivity index (χ0) is 23.1. The van der Waals surface area contributed by atoms with E-state index >= 15 is 0 Å². The Hall–Kier alpha value is -2.66. The molecular formula is C19H28N4O6S. The van der Waals surface area contributed by atoms with Crippen molar-refractivity contribution in [1.29, 1.82) is 0 Å². The largest absolute Gasteiger partial charge is 0.459 e. The fourth-order valence-electron chi connectivity index (χ4n) is 2.31. The second kappa shape index (κ2) is 10.9. The predicted octanol–water partition coefficient (Wildman–Crippen LogP) is 1.52. The quantitative estimate of drug-likeness (QED) is 0.250. The van der Waals surface area contributed by atoms with E-state index in [0.717, 1.165) is 17.8 Å². The first-order valence-electron chi connectivity index (χ1n) is 9.15. The van der Waals surface area contributed by atoms with Crippen LogP contribution in [-0.4, -0.2) is 77.6 Å². The fourth-order valence-corrected chi connectivity index (χ4v) is 3.22. The summed E-state index contributed by atoms with van der Waals surface area (Å²) in [5, 5.41) is 11.3. The van der Waals surface area contributed by atoms with E-state index in [4.69, 9.17) is 10.5 Å². The van der Waals surface area contributed by atoms with Crippen molar-refractivity contribution >= 4 is 35.2 Å². The number of nitro groups is 1. The Morgan fingerprint density at radius 1 is 1.20 bits per heavy atom. The Morgan fingerprint density at radius 2 is 1.83 bits per heavy atom. The maximum Gasteiger partial charge on any atom is 0.326 e. The third kappa shape index (κ3) is 8.78.